The SMILES string of the molecule is CSc1cc(Br)nc(C(C)C)n1. The summed E-state index contributed by atoms with van der Waals surface area (Å²) in [6, 6.07) is 1.93. The maximum Gasteiger partial charge on any atom is 0.133 e. The molecule has 0 atom stereocenters. The molecule has 0 radical (unpaired) electrons. The topological polar surface area (TPSA) is 25.8 Å². The van der Waals surface area contributed by atoms with Crippen LogP contribution in [-0.2, 0) is 0 Å². The van der Waals surface area contributed by atoms with Crippen molar-refractivity contribution in [3.05, 3.63) is 16.5 Å². The minimum Gasteiger partial charge on any atom is -0.226 e. The molecule has 12 heavy (non-hydrogen) atoms. The summed E-state index contributed by atoms with van der Waals surface area (Å²) in [4.78, 5) is 8.65. The van der Waals surface area contributed by atoms with Crippen molar-refractivity contribution in [2.24, 2.45) is 0 Å². The van der Waals surface area contributed by atoms with E-state index in [0.29, 0.717) is 5.92 Å². The normalized spacial score (nSPS) is 10.8. The molecular weight excluding hydrogens is 236 g/mol. The lowest BCUT2D eigenvalue weighted by Crippen LogP contribution is -1.98. The van der Waals surface area contributed by atoms with Gasteiger partial charge in [-0.25, -0.2) is 9.97 Å². The van der Waals surface area contributed by atoms with E-state index in [-0.39, 0.29) is 0 Å². The first-order valence-electron chi connectivity index (χ1n) is 3.72. The van der Waals surface area contributed by atoms with Crippen LogP contribution in [0.5, 0.6) is 0 Å². The molecule has 0 aliphatic heterocycles. The standard InChI is InChI=1S/C8H11BrN2S/c1-5(2)8-10-6(9)4-7(11-8)12-3/h4-5H,1-3H3. The number of hydrogen-bond donors (Lipinski definition) is 0. The third-order valence-corrected chi connectivity index (χ3v) is 2.45. The third-order valence-electron chi connectivity index (χ3n) is 1.41. The Bertz CT molecular complexity index is 276. The van der Waals surface area contributed by atoms with Crippen LogP contribution in [0.15, 0.2) is 15.7 Å². The Morgan fingerprint density at radius 1 is 1.42 bits per heavy atom. The minimum atomic E-state index is 0.383. The highest BCUT2D eigenvalue weighted by atomic mass is 79.9. The Morgan fingerprint density at radius 2 is 2.08 bits per heavy atom. The highest BCUT2D eigenvalue weighted by molar-refractivity contribution is 9.10. The van der Waals surface area contributed by atoms with Gasteiger partial charge >= 0.3 is 0 Å². The zero-order valence-corrected chi connectivity index (χ0v) is 9.74. The Hall–Kier alpha value is -0.0900. The molecule has 2 nitrogen and oxygen atoms in total. The average molecular weight is 247 g/mol. The summed E-state index contributed by atoms with van der Waals surface area (Å²) in [5, 5.41) is 1.01. The van der Waals surface area contributed by atoms with Crippen LogP contribution in [0.4, 0.5) is 0 Å². The Labute approximate surface area is 85.3 Å². The number of rotatable bonds is 2. The van der Waals surface area contributed by atoms with Gasteiger partial charge in [-0.1, -0.05) is 13.8 Å². The first-order chi connectivity index (χ1) is 5.63. The minimum absolute atomic E-state index is 0.383. The van der Waals surface area contributed by atoms with Gasteiger partial charge in [0.15, 0.2) is 0 Å². The Morgan fingerprint density at radius 3 is 2.58 bits per heavy atom. The summed E-state index contributed by atoms with van der Waals surface area (Å²) in [6.45, 7) is 4.18. The molecule has 0 saturated heterocycles. The Balaban J connectivity index is 3.06. The molecule has 0 aliphatic rings. The molecule has 0 bridgehead atoms. The molecule has 0 saturated carbocycles. The smallest absolute Gasteiger partial charge is 0.133 e. The van der Waals surface area contributed by atoms with Crippen LogP contribution in [0.25, 0.3) is 0 Å². The van der Waals surface area contributed by atoms with Crippen LogP contribution in [0.3, 0.4) is 0 Å². The number of aromatic nitrogens is 2. The van der Waals surface area contributed by atoms with Gasteiger partial charge in [-0.3, -0.25) is 0 Å². The van der Waals surface area contributed by atoms with Crippen molar-refractivity contribution in [1.29, 1.82) is 0 Å². The van der Waals surface area contributed by atoms with Crippen molar-refractivity contribution in [3.63, 3.8) is 0 Å². The van der Waals surface area contributed by atoms with Crippen LogP contribution in [0.1, 0.15) is 25.6 Å². The summed E-state index contributed by atoms with van der Waals surface area (Å²) < 4.78 is 0.866. The van der Waals surface area contributed by atoms with Gasteiger partial charge in [0, 0.05) is 12.0 Å². The van der Waals surface area contributed by atoms with Crippen molar-refractivity contribution in [2.45, 2.75) is 24.8 Å². The molecular formula is C8H11BrN2S. The number of halogens is 1. The molecule has 1 aromatic rings. The molecule has 0 aliphatic carbocycles. The van der Waals surface area contributed by atoms with E-state index in [9.17, 15) is 0 Å². The quantitative estimate of drug-likeness (QED) is 0.593. The molecule has 1 heterocycles. The van der Waals surface area contributed by atoms with Crippen LogP contribution < -0.4 is 0 Å². The zero-order chi connectivity index (χ0) is 9.14. The zero-order valence-electron chi connectivity index (χ0n) is 7.34. The fourth-order valence-electron chi connectivity index (χ4n) is 0.777. The molecule has 0 spiro atoms. The summed E-state index contributed by atoms with van der Waals surface area (Å²) in [5.41, 5.74) is 0. The van der Waals surface area contributed by atoms with E-state index in [4.69, 9.17) is 0 Å². The second-order valence-electron chi connectivity index (χ2n) is 2.75. The average Bonchev–Trinajstić information content (AvgIpc) is 2.03. The molecule has 1 aromatic heterocycles. The fraction of sp³-hybridized carbons (Fsp3) is 0.500. The fourth-order valence-corrected chi connectivity index (χ4v) is 1.74. The molecule has 0 aromatic carbocycles. The van der Waals surface area contributed by atoms with Crippen molar-refractivity contribution < 1.29 is 0 Å². The van der Waals surface area contributed by atoms with Crippen molar-refractivity contribution >= 4 is 27.7 Å². The van der Waals surface area contributed by atoms with Crippen LogP contribution >= 0.6 is 27.7 Å². The van der Waals surface area contributed by atoms with Crippen molar-refractivity contribution in [2.75, 3.05) is 6.26 Å². The van der Waals surface area contributed by atoms with Crippen molar-refractivity contribution in [1.82, 2.24) is 9.97 Å². The van der Waals surface area contributed by atoms with Crippen LogP contribution in [0, 0.1) is 0 Å². The lowest BCUT2D eigenvalue weighted by atomic mass is 10.2. The summed E-state index contributed by atoms with van der Waals surface area (Å²) in [7, 11) is 0. The van der Waals surface area contributed by atoms with E-state index in [2.05, 4.69) is 39.7 Å². The van der Waals surface area contributed by atoms with Gasteiger partial charge < -0.3 is 0 Å². The first-order valence-corrected chi connectivity index (χ1v) is 5.73. The van der Waals surface area contributed by atoms with E-state index in [0.717, 1.165) is 15.5 Å². The van der Waals surface area contributed by atoms with Gasteiger partial charge in [0.2, 0.25) is 0 Å². The number of hydrogen-bond acceptors (Lipinski definition) is 3. The second-order valence-corrected chi connectivity index (χ2v) is 4.38. The molecule has 0 amide bonds. The van der Waals surface area contributed by atoms with Gasteiger partial charge in [0.25, 0.3) is 0 Å². The Kier molecular flexibility index (Phi) is 3.53. The second kappa shape index (κ2) is 4.23. The summed E-state index contributed by atoms with van der Waals surface area (Å²) in [5.74, 6) is 1.28. The van der Waals surface area contributed by atoms with E-state index < -0.39 is 0 Å². The lowest BCUT2D eigenvalue weighted by Gasteiger charge is -2.05. The lowest BCUT2D eigenvalue weighted by molar-refractivity contribution is 0.748. The van der Waals surface area contributed by atoms with Gasteiger partial charge in [-0.15, -0.1) is 11.8 Å². The van der Waals surface area contributed by atoms with Gasteiger partial charge in [0.05, 0.1) is 0 Å². The first kappa shape index (κ1) is 9.99. The van der Waals surface area contributed by atoms with E-state index in [1.165, 1.54) is 0 Å². The molecule has 0 N–H and O–H groups in total. The highest BCUT2D eigenvalue weighted by Crippen LogP contribution is 2.19. The number of nitrogens with zero attached hydrogens (tertiary/aromatic N) is 2. The third kappa shape index (κ3) is 2.45. The van der Waals surface area contributed by atoms with E-state index in [1.54, 1.807) is 11.8 Å². The van der Waals surface area contributed by atoms with Gasteiger partial charge in [-0.05, 0) is 22.2 Å². The largest absolute Gasteiger partial charge is 0.226 e. The van der Waals surface area contributed by atoms with Crippen LogP contribution in [-0.4, -0.2) is 16.2 Å². The van der Waals surface area contributed by atoms with Gasteiger partial charge in [-0.2, -0.15) is 0 Å². The monoisotopic (exact) mass is 246 g/mol. The predicted octanol–water partition coefficient (Wildman–Crippen LogP) is 3.08. The molecule has 1 rings (SSSR count). The maximum atomic E-state index is 4.37. The van der Waals surface area contributed by atoms with Crippen LogP contribution in [0.2, 0.25) is 0 Å². The molecule has 4 heteroatoms. The molecule has 66 valence electrons. The van der Waals surface area contributed by atoms with Gasteiger partial charge in [0.1, 0.15) is 15.5 Å². The van der Waals surface area contributed by atoms with Crippen molar-refractivity contribution in [3.8, 4) is 0 Å². The predicted molar refractivity (Wildman–Crippen MR) is 55.6 cm³/mol. The summed E-state index contributed by atoms with van der Waals surface area (Å²) in [6.07, 6.45) is 2.01. The highest BCUT2D eigenvalue weighted by Gasteiger charge is 2.05. The number of thioether (sulfide) groups is 1. The molecule has 0 fully saturated rings. The molecule has 0 unspecified atom stereocenters. The maximum absolute atomic E-state index is 4.37. The van der Waals surface area contributed by atoms with E-state index >= 15 is 0 Å². The summed E-state index contributed by atoms with van der Waals surface area (Å²) >= 11 is 4.99. The van der Waals surface area contributed by atoms with E-state index in [1.807, 2.05) is 12.3 Å².